The number of nitrogens with zero attached hydrogens (tertiary/aromatic N) is 3. The molecule has 0 aliphatic heterocycles. The maximum absolute atomic E-state index is 3.72. The number of para-hydroxylation sites is 7. The number of nitrogens with one attached hydrogen (secondary N) is 1. The molecule has 0 bridgehead atoms. The van der Waals surface area contributed by atoms with Gasteiger partial charge < -0.3 is 20.0 Å². The molecule has 0 amide bonds. The molecule has 0 fully saturated rings. The van der Waals surface area contributed by atoms with Crippen LogP contribution in [0.4, 0.5) is 62.6 Å². The van der Waals surface area contributed by atoms with E-state index in [1.54, 1.807) is 0 Å². The van der Waals surface area contributed by atoms with E-state index in [1.165, 1.54) is 0 Å². The monoisotopic (exact) mass is 848 g/mol. The van der Waals surface area contributed by atoms with Crippen molar-refractivity contribution in [3.8, 4) is 0 Å². The van der Waals surface area contributed by atoms with Gasteiger partial charge in [-0.05, 0) is 109 Å². The van der Waals surface area contributed by atoms with Crippen molar-refractivity contribution in [2.75, 3.05) is 20.0 Å². The summed E-state index contributed by atoms with van der Waals surface area (Å²) in [4.78, 5) is 7.19. The minimum absolute atomic E-state index is 1.00. The molecule has 4 nitrogen and oxygen atoms in total. The van der Waals surface area contributed by atoms with Crippen molar-refractivity contribution in [2.45, 2.75) is 0 Å². The number of hydrogen-bond donors (Lipinski definition) is 1. The largest absolute Gasteiger partial charge is 0.356 e. The average Bonchev–Trinajstić information content (AvgIpc) is 3.40. The van der Waals surface area contributed by atoms with Gasteiger partial charge in [0, 0.05) is 72.7 Å². The average molecular weight is 849 g/mol. The van der Waals surface area contributed by atoms with E-state index in [-0.39, 0.29) is 0 Å². The predicted octanol–water partition coefficient (Wildman–Crippen LogP) is 17.8. The van der Waals surface area contributed by atoms with Crippen LogP contribution in [0.15, 0.2) is 285 Å². The fraction of sp³-hybridized carbons (Fsp3) is 0. The molecule has 11 rings (SSSR count). The Hall–Kier alpha value is -8.86. The lowest BCUT2D eigenvalue weighted by atomic mass is 9.94. The van der Waals surface area contributed by atoms with Gasteiger partial charge in [-0.1, -0.05) is 176 Å². The third-order valence-electron chi connectivity index (χ3n) is 11.6. The Labute approximate surface area is 387 Å². The molecule has 316 valence electrons. The first-order chi connectivity index (χ1) is 32.8. The summed E-state index contributed by atoms with van der Waals surface area (Å²) in [6, 6.07) is 100. The minimum atomic E-state index is 1.00. The van der Waals surface area contributed by atoms with Crippen molar-refractivity contribution in [3.63, 3.8) is 0 Å². The number of benzene rings is 11. The highest BCUT2D eigenvalue weighted by Gasteiger charge is 2.27. The summed E-state index contributed by atoms with van der Waals surface area (Å²) in [6.07, 6.45) is 0. The van der Waals surface area contributed by atoms with Crippen molar-refractivity contribution in [2.24, 2.45) is 0 Å². The zero-order valence-corrected chi connectivity index (χ0v) is 36.5. The quantitative estimate of drug-likeness (QED) is 0.103. The summed E-state index contributed by atoms with van der Waals surface area (Å²) in [6.45, 7) is 0. The first kappa shape index (κ1) is 41.2. The zero-order valence-electron chi connectivity index (χ0n) is 36.5. The molecule has 1 N–H and O–H groups in total. The van der Waals surface area contributed by atoms with Gasteiger partial charge in [0.2, 0.25) is 0 Å². The SMILES string of the molecule is c1ccc(Nc2ccc3c(N(c4ccccc4)c4ccccc4)c4cc(N(c5ccccc5)c5ccccc5)ccc4c(N(c4ccccc4)c4ccccc4)c3c2)cc1.c1ccccc1. The topological polar surface area (TPSA) is 21.8 Å². The molecule has 66 heavy (non-hydrogen) atoms. The molecule has 0 unspecified atom stereocenters. The molecule has 0 saturated carbocycles. The van der Waals surface area contributed by atoms with Gasteiger partial charge in [-0.3, -0.25) is 0 Å². The normalized spacial score (nSPS) is 10.7. The Bertz CT molecular complexity index is 3100. The van der Waals surface area contributed by atoms with Crippen LogP contribution in [0.25, 0.3) is 21.5 Å². The van der Waals surface area contributed by atoms with Gasteiger partial charge in [-0.25, -0.2) is 0 Å². The number of anilines is 11. The molecule has 0 aliphatic rings. The second-order valence-corrected chi connectivity index (χ2v) is 15.9. The highest BCUT2D eigenvalue weighted by atomic mass is 15.2. The van der Waals surface area contributed by atoms with Crippen molar-refractivity contribution < 1.29 is 0 Å². The van der Waals surface area contributed by atoms with E-state index in [4.69, 9.17) is 0 Å². The van der Waals surface area contributed by atoms with E-state index in [0.29, 0.717) is 0 Å². The molecule has 0 atom stereocenters. The van der Waals surface area contributed by atoms with Crippen molar-refractivity contribution in [1.82, 2.24) is 0 Å². The molecule has 0 aromatic heterocycles. The maximum Gasteiger partial charge on any atom is 0.0620 e. The maximum atomic E-state index is 3.72. The Morgan fingerprint density at radius 2 is 0.485 bits per heavy atom. The highest BCUT2D eigenvalue weighted by molar-refractivity contribution is 6.24. The van der Waals surface area contributed by atoms with Crippen LogP contribution in [0.1, 0.15) is 0 Å². The van der Waals surface area contributed by atoms with Crippen LogP contribution in [0.2, 0.25) is 0 Å². The van der Waals surface area contributed by atoms with Gasteiger partial charge in [-0.15, -0.1) is 0 Å². The third kappa shape index (κ3) is 8.85. The van der Waals surface area contributed by atoms with Gasteiger partial charge in [0.25, 0.3) is 0 Å². The molecule has 0 heterocycles. The van der Waals surface area contributed by atoms with Gasteiger partial charge >= 0.3 is 0 Å². The van der Waals surface area contributed by atoms with Crippen LogP contribution in [-0.4, -0.2) is 0 Å². The zero-order chi connectivity index (χ0) is 44.3. The fourth-order valence-electron chi connectivity index (χ4n) is 8.67. The molecular formula is C62H48N4. The molecule has 0 radical (unpaired) electrons. The summed E-state index contributed by atoms with van der Waals surface area (Å²) in [5, 5.41) is 8.17. The van der Waals surface area contributed by atoms with Crippen LogP contribution in [0.3, 0.4) is 0 Å². The lowest BCUT2D eigenvalue weighted by molar-refractivity contribution is 1.28. The standard InChI is InChI=1S/C56H42N4.C6H6/c1-8-22-42(23-9-1)57-43-36-38-51-53(40-43)55(59(46-28-14-4-15-29-46)47-30-16-5-17-31-47)52-39-37-50(58(44-24-10-2-11-25-44)45-26-12-3-13-27-45)41-54(52)56(51)60(48-32-18-6-19-33-48)49-34-20-7-21-35-49;1-2-4-6-5-3-1/h1-41,57H;1-6H. The van der Waals surface area contributed by atoms with Gasteiger partial charge in [-0.2, -0.15) is 0 Å². The smallest absolute Gasteiger partial charge is 0.0620 e. The Kier molecular flexibility index (Phi) is 12.3. The molecular weight excluding hydrogens is 801 g/mol. The van der Waals surface area contributed by atoms with Crippen LogP contribution in [-0.2, 0) is 0 Å². The summed E-state index contributed by atoms with van der Waals surface area (Å²) in [5.74, 6) is 0. The molecule has 0 saturated heterocycles. The Morgan fingerprint density at radius 3 is 0.848 bits per heavy atom. The number of fused-ring (bicyclic) bond motifs is 2. The second-order valence-electron chi connectivity index (χ2n) is 15.9. The second kappa shape index (κ2) is 19.7. The molecule has 4 heteroatoms. The first-order valence-electron chi connectivity index (χ1n) is 22.4. The van der Waals surface area contributed by atoms with Gasteiger partial charge in [0.1, 0.15) is 0 Å². The lowest BCUT2D eigenvalue weighted by Gasteiger charge is -2.34. The summed E-state index contributed by atoms with van der Waals surface area (Å²) in [7, 11) is 0. The molecule has 11 aromatic rings. The Morgan fingerprint density at radius 1 is 0.197 bits per heavy atom. The van der Waals surface area contributed by atoms with Crippen LogP contribution < -0.4 is 20.0 Å². The molecule has 0 spiro atoms. The predicted molar refractivity (Wildman–Crippen MR) is 282 cm³/mol. The third-order valence-corrected chi connectivity index (χ3v) is 11.6. The summed E-state index contributed by atoms with van der Waals surface area (Å²) >= 11 is 0. The van der Waals surface area contributed by atoms with Crippen LogP contribution in [0.5, 0.6) is 0 Å². The summed E-state index contributed by atoms with van der Waals surface area (Å²) in [5.41, 5.74) is 11.7. The molecule has 0 aliphatic carbocycles. The van der Waals surface area contributed by atoms with E-state index < -0.39 is 0 Å². The highest BCUT2D eigenvalue weighted by Crippen LogP contribution is 2.53. The van der Waals surface area contributed by atoms with Crippen LogP contribution in [0, 0.1) is 0 Å². The first-order valence-corrected chi connectivity index (χ1v) is 22.4. The van der Waals surface area contributed by atoms with Gasteiger partial charge in [0.05, 0.1) is 11.4 Å². The van der Waals surface area contributed by atoms with Crippen molar-refractivity contribution in [3.05, 3.63) is 285 Å². The van der Waals surface area contributed by atoms with Crippen molar-refractivity contribution in [1.29, 1.82) is 0 Å². The van der Waals surface area contributed by atoms with E-state index in [1.807, 2.05) is 42.5 Å². The number of rotatable bonds is 11. The lowest BCUT2D eigenvalue weighted by Crippen LogP contribution is -2.15. The minimum Gasteiger partial charge on any atom is -0.356 e. The van der Waals surface area contributed by atoms with E-state index in [0.717, 1.165) is 84.1 Å². The van der Waals surface area contributed by atoms with Crippen LogP contribution >= 0.6 is 0 Å². The number of hydrogen-bond acceptors (Lipinski definition) is 4. The molecule has 11 aromatic carbocycles. The Balaban J connectivity index is 0.000000791. The van der Waals surface area contributed by atoms with E-state index in [2.05, 4.69) is 263 Å². The summed E-state index contributed by atoms with van der Waals surface area (Å²) < 4.78 is 0. The van der Waals surface area contributed by atoms with E-state index >= 15 is 0 Å². The van der Waals surface area contributed by atoms with Gasteiger partial charge in [0.15, 0.2) is 0 Å². The fourth-order valence-corrected chi connectivity index (χ4v) is 8.67. The van der Waals surface area contributed by atoms with Crippen molar-refractivity contribution >= 4 is 84.1 Å². The van der Waals surface area contributed by atoms with E-state index in [9.17, 15) is 0 Å².